The van der Waals surface area contributed by atoms with Crippen LogP contribution in [-0.2, 0) is 11.3 Å². The van der Waals surface area contributed by atoms with Crippen molar-refractivity contribution in [2.45, 2.75) is 25.4 Å². The number of amides is 1. The first-order valence-electron chi connectivity index (χ1n) is 10.6. The molecule has 2 fully saturated rings. The first-order chi connectivity index (χ1) is 14.6. The Bertz CT molecular complexity index is 888. The molecular weight excluding hydrogens is 384 g/mol. The van der Waals surface area contributed by atoms with Gasteiger partial charge < -0.3 is 19.5 Å². The number of anilines is 1. The van der Waals surface area contributed by atoms with Crippen LogP contribution in [0, 0.1) is 0 Å². The number of nitrogens with one attached hydrogen (secondary N) is 1. The van der Waals surface area contributed by atoms with Crippen LogP contribution < -0.4 is 15.8 Å². The molecule has 162 valence electrons. The fourth-order valence-corrected chi connectivity index (χ4v) is 4.15. The van der Waals surface area contributed by atoms with Crippen molar-refractivity contribution < 1.29 is 9.21 Å². The molecule has 30 heavy (non-hydrogen) atoms. The molecule has 0 unspecified atom stereocenters. The number of carbonyl (C=O) groups is 1. The van der Waals surface area contributed by atoms with Gasteiger partial charge >= 0.3 is 0 Å². The van der Waals surface area contributed by atoms with Gasteiger partial charge in [0.2, 0.25) is 5.91 Å². The van der Waals surface area contributed by atoms with Gasteiger partial charge in [0.1, 0.15) is 5.76 Å². The minimum absolute atomic E-state index is 0.00865. The van der Waals surface area contributed by atoms with E-state index in [0.717, 1.165) is 57.0 Å². The summed E-state index contributed by atoms with van der Waals surface area (Å²) in [6, 6.07) is 5.33. The lowest BCUT2D eigenvalue weighted by Crippen LogP contribution is -2.46. The van der Waals surface area contributed by atoms with Crippen molar-refractivity contribution in [3.63, 3.8) is 0 Å². The number of hydrogen-bond donors (Lipinski definition) is 1. The Morgan fingerprint density at radius 3 is 2.83 bits per heavy atom. The van der Waals surface area contributed by atoms with Crippen LogP contribution in [0.25, 0.3) is 0 Å². The van der Waals surface area contributed by atoms with Crippen molar-refractivity contribution in [2.24, 2.45) is 0 Å². The molecular formula is C21H30N6O3. The van der Waals surface area contributed by atoms with Crippen LogP contribution in [-0.4, -0.2) is 78.3 Å². The number of carbonyl (C=O) groups excluding carboxylic acids is 1. The van der Waals surface area contributed by atoms with Crippen LogP contribution in [0.2, 0.25) is 0 Å². The molecule has 2 aliphatic heterocycles. The predicted molar refractivity (Wildman–Crippen MR) is 113 cm³/mol. The van der Waals surface area contributed by atoms with Crippen molar-refractivity contribution in [3.8, 4) is 0 Å². The summed E-state index contributed by atoms with van der Waals surface area (Å²) in [5.74, 6) is 0.689. The Morgan fingerprint density at radius 2 is 2.10 bits per heavy atom. The third kappa shape index (κ3) is 5.09. The summed E-state index contributed by atoms with van der Waals surface area (Å²) < 4.78 is 6.83. The highest BCUT2D eigenvalue weighted by Crippen LogP contribution is 2.20. The number of likely N-dealkylation sites (N-methyl/N-ethyl adjacent to an activating group) is 1. The van der Waals surface area contributed by atoms with Gasteiger partial charge in [-0.05, 0) is 38.6 Å². The Labute approximate surface area is 176 Å². The molecule has 4 heterocycles. The van der Waals surface area contributed by atoms with E-state index >= 15 is 0 Å². The zero-order valence-corrected chi connectivity index (χ0v) is 17.5. The molecule has 1 atom stereocenters. The molecule has 2 saturated heterocycles. The molecule has 0 bridgehead atoms. The second-order valence-corrected chi connectivity index (χ2v) is 8.17. The van der Waals surface area contributed by atoms with Crippen LogP contribution >= 0.6 is 0 Å². The third-order valence-corrected chi connectivity index (χ3v) is 5.91. The minimum atomic E-state index is -0.0689. The summed E-state index contributed by atoms with van der Waals surface area (Å²) in [6.07, 6.45) is 5.23. The van der Waals surface area contributed by atoms with E-state index < -0.39 is 0 Å². The van der Waals surface area contributed by atoms with E-state index in [0.29, 0.717) is 19.6 Å². The summed E-state index contributed by atoms with van der Waals surface area (Å²) in [6.45, 7) is 5.99. The van der Waals surface area contributed by atoms with Crippen molar-refractivity contribution in [2.75, 3.05) is 57.8 Å². The SMILES string of the molecule is CN1CCN(c2cnn([C@@H]3CCCN(CC(=O)NCc4ccco4)C3)c(=O)c2)CC1. The summed E-state index contributed by atoms with van der Waals surface area (Å²) >= 11 is 0. The van der Waals surface area contributed by atoms with Crippen molar-refractivity contribution in [1.82, 2.24) is 24.9 Å². The number of piperidine rings is 1. The molecule has 4 rings (SSSR count). The average molecular weight is 415 g/mol. The third-order valence-electron chi connectivity index (χ3n) is 5.91. The van der Waals surface area contributed by atoms with E-state index in [1.807, 2.05) is 12.3 Å². The molecule has 1 N–H and O–H groups in total. The molecule has 2 aromatic rings. The summed E-state index contributed by atoms with van der Waals surface area (Å²) in [4.78, 5) is 31.6. The first kappa shape index (κ1) is 20.6. The van der Waals surface area contributed by atoms with Gasteiger partial charge in [-0.1, -0.05) is 0 Å². The smallest absolute Gasteiger partial charge is 0.269 e. The molecule has 1 amide bonds. The molecule has 9 heteroatoms. The highest BCUT2D eigenvalue weighted by atomic mass is 16.3. The van der Waals surface area contributed by atoms with Crippen LogP contribution in [0.1, 0.15) is 24.6 Å². The Balaban J connectivity index is 1.33. The van der Waals surface area contributed by atoms with Crippen LogP contribution in [0.3, 0.4) is 0 Å². The number of aromatic nitrogens is 2. The maximum Gasteiger partial charge on any atom is 0.269 e. The van der Waals surface area contributed by atoms with E-state index in [2.05, 4.69) is 32.2 Å². The number of likely N-dealkylation sites (tertiary alicyclic amines) is 1. The normalized spacial score (nSPS) is 21.0. The molecule has 2 aromatic heterocycles. The fraction of sp³-hybridized carbons (Fsp3) is 0.571. The maximum atomic E-state index is 12.8. The molecule has 0 aromatic carbocycles. The van der Waals surface area contributed by atoms with Gasteiger partial charge in [0.05, 0.1) is 37.3 Å². The van der Waals surface area contributed by atoms with Gasteiger partial charge in [0, 0.05) is 38.8 Å². The van der Waals surface area contributed by atoms with E-state index in [-0.39, 0.29) is 17.5 Å². The Hall–Kier alpha value is -2.65. The topological polar surface area (TPSA) is 86.8 Å². The zero-order chi connectivity index (χ0) is 20.9. The first-order valence-corrected chi connectivity index (χ1v) is 10.6. The molecule has 0 saturated carbocycles. The van der Waals surface area contributed by atoms with Gasteiger partial charge in [-0.3, -0.25) is 14.5 Å². The number of piperazine rings is 1. The summed E-state index contributed by atoms with van der Waals surface area (Å²) in [5.41, 5.74) is 0.829. The lowest BCUT2D eigenvalue weighted by atomic mass is 10.1. The molecule has 0 spiro atoms. The summed E-state index contributed by atoms with van der Waals surface area (Å²) in [7, 11) is 2.11. The van der Waals surface area contributed by atoms with Gasteiger partial charge in [-0.25, -0.2) is 4.68 Å². The van der Waals surface area contributed by atoms with Crippen molar-refractivity contribution in [1.29, 1.82) is 0 Å². The second kappa shape index (κ2) is 9.44. The Morgan fingerprint density at radius 1 is 1.27 bits per heavy atom. The van der Waals surface area contributed by atoms with Crippen molar-refractivity contribution in [3.05, 3.63) is 46.8 Å². The van der Waals surface area contributed by atoms with Gasteiger partial charge in [-0.15, -0.1) is 0 Å². The number of rotatable bonds is 6. The molecule has 9 nitrogen and oxygen atoms in total. The molecule has 0 radical (unpaired) electrons. The quantitative estimate of drug-likeness (QED) is 0.738. The molecule has 0 aliphatic carbocycles. The fourth-order valence-electron chi connectivity index (χ4n) is 4.15. The number of furan rings is 1. The largest absolute Gasteiger partial charge is 0.467 e. The van der Waals surface area contributed by atoms with E-state index in [9.17, 15) is 9.59 Å². The van der Waals surface area contributed by atoms with Gasteiger partial charge in [-0.2, -0.15) is 5.10 Å². The minimum Gasteiger partial charge on any atom is -0.467 e. The van der Waals surface area contributed by atoms with Crippen LogP contribution in [0.15, 0.2) is 39.9 Å². The number of nitrogens with zero attached hydrogens (tertiary/aromatic N) is 5. The monoisotopic (exact) mass is 414 g/mol. The maximum absolute atomic E-state index is 12.8. The van der Waals surface area contributed by atoms with Gasteiger partial charge in [0.15, 0.2) is 0 Å². The van der Waals surface area contributed by atoms with E-state index in [4.69, 9.17) is 4.42 Å². The Kier molecular flexibility index (Phi) is 6.49. The van der Waals surface area contributed by atoms with Gasteiger partial charge in [0.25, 0.3) is 5.56 Å². The second-order valence-electron chi connectivity index (χ2n) is 8.17. The van der Waals surface area contributed by atoms with Crippen molar-refractivity contribution >= 4 is 11.6 Å². The average Bonchev–Trinajstić information content (AvgIpc) is 3.27. The van der Waals surface area contributed by atoms with E-state index in [1.54, 1.807) is 23.1 Å². The lowest BCUT2D eigenvalue weighted by Gasteiger charge is -2.34. The highest BCUT2D eigenvalue weighted by Gasteiger charge is 2.25. The number of hydrogen-bond acceptors (Lipinski definition) is 7. The predicted octanol–water partition coefficient (Wildman–Crippen LogP) is 0.541. The van der Waals surface area contributed by atoms with E-state index in [1.165, 1.54) is 0 Å². The highest BCUT2D eigenvalue weighted by molar-refractivity contribution is 5.77. The van der Waals surface area contributed by atoms with Crippen LogP contribution in [0.5, 0.6) is 0 Å². The molecule has 2 aliphatic rings. The van der Waals surface area contributed by atoms with Crippen LogP contribution in [0.4, 0.5) is 5.69 Å². The standard InChI is InChI=1S/C21H30N6O3/c1-24-7-9-26(10-8-24)18-12-21(29)27(23-13-18)17-4-2-6-25(15-17)16-20(28)22-14-19-5-3-11-30-19/h3,5,11-13,17H,2,4,6-10,14-16H2,1H3,(H,22,28)/t17-/m1/s1. The summed E-state index contributed by atoms with van der Waals surface area (Å²) in [5, 5.41) is 7.37. The zero-order valence-electron chi connectivity index (χ0n) is 17.5. The lowest BCUT2D eigenvalue weighted by molar-refractivity contribution is -0.122.